The molecule has 0 heterocycles. The lowest BCUT2D eigenvalue weighted by atomic mass is 9.61. The van der Waals surface area contributed by atoms with E-state index >= 15 is 0 Å². The lowest BCUT2D eigenvalue weighted by Gasteiger charge is -2.41. The van der Waals surface area contributed by atoms with Crippen molar-refractivity contribution in [2.75, 3.05) is 0 Å². The van der Waals surface area contributed by atoms with Crippen LogP contribution >= 0.6 is 0 Å². The zero-order valence-corrected chi connectivity index (χ0v) is 14.3. The summed E-state index contributed by atoms with van der Waals surface area (Å²) in [6, 6.07) is 0. The SMILES string of the molecule is CC(C(C(=O)C(=O)O)C(C)(C)C)C(C(=O)C(=O)O)C(C)(C)C. The third-order valence-corrected chi connectivity index (χ3v) is 3.90. The Kier molecular flexibility index (Phi) is 6.07. The van der Waals surface area contributed by atoms with Crippen LogP contribution < -0.4 is 0 Å². The Hall–Kier alpha value is -1.72. The molecule has 2 N–H and O–H groups in total. The van der Waals surface area contributed by atoms with Gasteiger partial charge in [0.25, 0.3) is 0 Å². The van der Waals surface area contributed by atoms with Gasteiger partial charge in [-0.25, -0.2) is 9.59 Å². The molecule has 2 atom stereocenters. The van der Waals surface area contributed by atoms with Crippen LogP contribution in [0.15, 0.2) is 0 Å². The smallest absolute Gasteiger partial charge is 0.372 e. The quantitative estimate of drug-likeness (QED) is 0.728. The van der Waals surface area contributed by atoms with E-state index in [0.717, 1.165) is 0 Å². The Labute approximate surface area is 130 Å². The maximum atomic E-state index is 12.1. The van der Waals surface area contributed by atoms with E-state index in [1.807, 2.05) is 0 Å². The van der Waals surface area contributed by atoms with Crippen molar-refractivity contribution in [2.45, 2.75) is 48.5 Å². The number of ketones is 2. The minimum atomic E-state index is -1.57. The Morgan fingerprint density at radius 1 is 0.682 bits per heavy atom. The number of hydrogen-bond donors (Lipinski definition) is 2. The summed E-state index contributed by atoms with van der Waals surface area (Å²) in [5.74, 6) is -7.76. The first kappa shape index (κ1) is 20.3. The molecule has 0 aliphatic rings. The van der Waals surface area contributed by atoms with Crippen molar-refractivity contribution in [2.24, 2.45) is 28.6 Å². The van der Waals surface area contributed by atoms with E-state index in [1.165, 1.54) is 0 Å². The average molecular weight is 314 g/mol. The van der Waals surface area contributed by atoms with Crippen LogP contribution in [-0.4, -0.2) is 33.7 Å². The van der Waals surface area contributed by atoms with E-state index in [9.17, 15) is 19.2 Å². The molecule has 22 heavy (non-hydrogen) atoms. The van der Waals surface area contributed by atoms with Gasteiger partial charge in [0.1, 0.15) is 0 Å². The minimum Gasteiger partial charge on any atom is -0.475 e. The molecule has 0 bridgehead atoms. The molecule has 0 aliphatic carbocycles. The van der Waals surface area contributed by atoms with Crippen molar-refractivity contribution in [1.29, 1.82) is 0 Å². The van der Waals surface area contributed by atoms with Crippen LogP contribution in [0.25, 0.3) is 0 Å². The number of aliphatic carboxylic acids is 2. The molecule has 0 rings (SSSR count). The van der Waals surface area contributed by atoms with Crippen molar-refractivity contribution >= 4 is 23.5 Å². The highest BCUT2D eigenvalue weighted by Gasteiger charge is 2.48. The van der Waals surface area contributed by atoms with Gasteiger partial charge in [0, 0.05) is 11.8 Å². The second-order valence-electron chi connectivity index (χ2n) is 7.89. The summed E-state index contributed by atoms with van der Waals surface area (Å²) in [6.07, 6.45) is 0. The summed E-state index contributed by atoms with van der Waals surface area (Å²) in [6.45, 7) is 11.8. The molecule has 0 spiro atoms. The summed E-state index contributed by atoms with van der Waals surface area (Å²) in [7, 11) is 0. The van der Waals surface area contributed by atoms with Gasteiger partial charge in [0.05, 0.1) is 0 Å². The van der Waals surface area contributed by atoms with E-state index in [0.29, 0.717) is 0 Å². The molecule has 0 amide bonds. The van der Waals surface area contributed by atoms with E-state index in [-0.39, 0.29) is 0 Å². The highest BCUT2D eigenvalue weighted by molar-refractivity contribution is 6.35. The van der Waals surface area contributed by atoms with Gasteiger partial charge >= 0.3 is 11.9 Å². The molecular weight excluding hydrogens is 288 g/mol. The second kappa shape index (κ2) is 6.58. The largest absolute Gasteiger partial charge is 0.475 e. The molecule has 0 aromatic rings. The van der Waals surface area contributed by atoms with E-state index in [1.54, 1.807) is 48.5 Å². The maximum absolute atomic E-state index is 12.1. The molecule has 0 aromatic heterocycles. The predicted molar refractivity (Wildman–Crippen MR) is 80.3 cm³/mol. The molecule has 2 unspecified atom stereocenters. The predicted octanol–water partition coefficient (Wildman–Crippen LogP) is 2.25. The first-order chi connectivity index (χ1) is 9.62. The Morgan fingerprint density at radius 3 is 1.05 bits per heavy atom. The minimum absolute atomic E-state index is 0.711. The number of Topliss-reactive ketones (excluding diaryl/α,β-unsaturated/α-hetero) is 2. The van der Waals surface area contributed by atoms with Gasteiger partial charge in [-0.2, -0.15) is 0 Å². The molecule has 6 heteroatoms. The molecule has 0 aromatic carbocycles. The standard InChI is InChI=1S/C16H26O6/c1-8(9(15(2,3)4)11(17)13(19)20)10(16(5,6)7)12(18)14(21)22/h8-10H,1-7H3,(H,19,20)(H,21,22). The molecule has 0 radical (unpaired) electrons. The Bertz CT molecular complexity index is 434. The van der Waals surface area contributed by atoms with Crippen molar-refractivity contribution in [1.82, 2.24) is 0 Å². The highest BCUT2D eigenvalue weighted by atomic mass is 16.4. The summed E-state index contributed by atoms with van der Waals surface area (Å²) in [5, 5.41) is 18.1. The number of hydrogen-bond acceptors (Lipinski definition) is 4. The van der Waals surface area contributed by atoms with Crippen LogP contribution in [0.5, 0.6) is 0 Å². The topological polar surface area (TPSA) is 109 Å². The fraction of sp³-hybridized carbons (Fsp3) is 0.750. The first-order valence-corrected chi connectivity index (χ1v) is 7.16. The van der Waals surface area contributed by atoms with E-state index in [2.05, 4.69) is 0 Å². The second-order valence-corrected chi connectivity index (χ2v) is 7.89. The average Bonchev–Trinajstić information content (AvgIpc) is 2.24. The van der Waals surface area contributed by atoms with Gasteiger partial charge in [-0.1, -0.05) is 48.5 Å². The third kappa shape index (κ3) is 4.64. The van der Waals surface area contributed by atoms with Crippen molar-refractivity contribution < 1.29 is 29.4 Å². The number of carbonyl (C=O) groups is 4. The van der Waals surface area contributed by atoms with Gasteiger partial charge in [0.2, 0.25) is 11.6 Å². The van der Waals surface area contributed by atoms with Crippen molar-refractivity contribution in [3.05, 3.63) is 0 Å². The third-order valence-electron chi connectivity index (χ3n) is 3.90. The summed E-state index contributed by atoms with van der Waals surface area (Å²) >= 11 is 0. The lowest BCUT2D eigenvalue weighted by Crippen LogP contribution is -2.47. The molecule has 0 saturated carbocycles. The molecule has 6 nitrogen and oxygen atoms in total. The fourth-order valence-corrected chi connectivity index (χ4v) is 3.30. The normalized spacial score (nSPS) is 16.5. The Morgan fingerprint density at radius 2 is 0.909 bits per heavy atom. The molecule has 0 fully saturated rings. The molecule has 126 valence electrons. The van der Waals surface area contributed by atoms with Gasteiger partial charge in [-0.15, -0.1) is 0 Å². The summed E-state index contributed by atoms with van der Waals surface area (Å²) in [5.41, 5.74) is -1.42. The lowest BCUT2D eigenvalue weighted by molar-refractivity contribution is -0.159. The highest BCUT2D eigenvalue weighted by Crippen LogP contribution is 2.43. The first-order valence-electron chi connectivity index (χ1n) is 7.16. The van der Waals surface area contributed by atoms with Crippen LogP contribution in [0.1, 0.15) is 48.5 Å². The van der Waals surface area contributed by atoms with Crippen LogP contribution in [-0.2, 0) is 19.2 Å². The van der Waals surface area contributed by atoms with E-state index in [4.69, 9.17) is 10.2 Å². The zero-order chi connectivity index (χ0) is 18.0. The van der Waals surface area contributed by atoms with Crippen molar-refractivity contribution in [3.8, 4) is 0 Å². The van der Waals surface area contributed by atoms with Gasteiger partial charge < -0.3 is 10.2 Å². The van der Waals surface area contributed by atoms with Crippen LogP contribution in [0.4, 0.5) is 0 Å². The number of rotatable bonds is 6. The Balaban J connectivity index is 6.00. The number of carboxylic acids is 2. The number of carbonyl (C=O) groups excluding carboxylic acids is 2. The summed E-state index contributed by atoms with van der Waals surface area (Å²) < 4.78 is 0. The number of carboxylic acid groups (broad SMARTS) is 2. The van der Waals surface area contributed by atoms with Gasteiger partial charge in [-0.05, 0) is 16.7 Å². The zero-order valence-electron chi connectivity index (χ0n) is 14.3. The van der Waals surface area contributed by atoms with E-state index < -0.39 is 52.1 Å². The fourth-order valence-electron chi connectivity index (χ4n) is 3.30. The van der Waals surface area contributed by atoms with Crippen LogP contribution in [0.3, 0.4) is 0 Å². The van der Waals surface area contributed by atoms with Crippen LogP contribution in [0, 0.1) is 28.6 Å². The monoisotopic (exact) mass is 314 g/mol. The molecule has 0 saturated heterocycles. The van der Waals surface area contributed by atoms with Gasteiger partial charge in [0.15, 0.2) is 0 Å². The van der Waals surface area contributed by atoms with Crippen LogP contribution in [0.2, 0.25) is 0 Å². The molecule has 0 aliphatic heterocycles. The molecular formula is C16H26O6. The maximum Gasteiger partial charge on any atom is 0.372 e. The van der Waals surface area contributed by atoms with Gasteiger partial charge in [-0.3, -0.25) is 9.59 Å². The van der Waals surface area contributed by atoms with Crippen molar-refractivity contribution in [3.63, 3.8) is 0 Å². The summed E-state index contributed by atoms with van der Waals surface area (Å²) in [4.78, 5) is 46.4.